The Morgan fingerprint density at radius 2 is 1.88 bits per heavy atom. The minimum absolute atomic E-state index is 0.0470. The molecule has 0 saturated carbocycles. The monoisotopic (exact) mass is 360 g/mol. The van der Waals surface area contributed by atoms with Crippen molar-refractivity contribution in [3.8, 4) is 0 Å². The molecule has 1 aliphatic rings. The summed E-state index contributed by atoms with van der Waals surface area (Å²) < 4.78 is 0. The standard InChI is InChI=1S/C20H32N4O2/c1-4-8-23(15-19(25)21-3)16-20(26)24-11-9-22(10-12-24)14-18-7-5-6-17(2)13-18/h5-7,13H,4,8-12,14-16H2,1-3H3,(H,21,25). The van der Waals surface area contributed by atoms with Gasteiger partial charge in [0.2, 0.25) is 11.8 Å². The van der Waals surface area contributed by atoms with Crippen molar-refractivity contribution in [2.45, 2.75) is 26.8 Å². The van der Waals surface area contributed by atoms with Crippen LogP contribution in [0.15, 0.2) is 24.3 Å². The average Bonchev–Trinajstić information content (AvgIpc) is 2.62. The number of benzene rings is 1. The lowest BCUT2D eigenvalue weighted by Gasteiger charge is -2.35. The van der Waals surface area contributed by atoms with Gasteiger partial charge in [-0.1, -0.05) is 36.8 Å². The molecule has 0 spiro atoms. The fraction of sp³-hybridized carbons (Fsp3) is 0.600. The number of likely N-dealkylation sites (N-methyl/N-ethyl adjacent to an activating group) is 1. The minimum atomic E-state index is -0.0470. The Labute approximate surface area is 157 Å². The highest BCUT2D eigenvalue weighted by Crippen LogP contribution is 2.11. The van der Waals surface area contributed by atoms with Crippen LogP contribution in [0.1, 0.15) is 24.5 Å². The highest BCUT2D eigenvalue weighted by molar-refractivity contribution is 5.81. The number of hydrogen-bond donors (Lipinski definition) is 1. The topological polar surface area (TPSA) is 55.9 Å². The molecule has 1 N–H and O–H groups in total. The number of amides is 2. The maximum atomic E-state index is 12.6. The second kappa shape index (κ2) is 10.3. The van der Waals surface area contributed by atoms with Crippen molar-refractivity contribution in [3.05, 3.63) is 35.4 Å². The van der Waals surface area contributed by atoms with Crippen molar-refractivity contribution in [1.29, 1.82) is 0 Å². The van der Waals surface area contributed by atoms with Gasteiger partial charge in [0, 0.05) is 39.8 Å². The molecule has 6 nitrogen and oxygen atoms in total. The summed E-state index contributed by atoms with van der Waals surface area (Å²) in [5.41, 5.74) is 2.60. The molecule has 1 heterocycles. The van der Waals surface area contributed by atoms with Crippen molar-refractivity contribution in [2.75, 3.05) is 52.9 Å². The summed E-state index contributed by atoms with van der Waals surface area (Å²) in [4.78, 5) is 30.5. The predicted molar refractivity (Wildman–Crippen MR) is 104 cm³/mol. The van der Waals surface area contributed by atoms with E-state index in [-0.39, 0.29) is 18.4 Å². The lowest BCUT2D eigenvalue weighted by atomic mass is 10.1. The van der Waals surface area contributed by atoms with Crippen molar-refractivity contribution in [2.24, 2.45) is 0 Å². The van der Waals surface area contributed by atoms with Crippen LogP contribution in [-0.4, -0.2) is 79.4 Å². The van der Waals surface area contributed by atoms with Gasteiger partial charge in [-0.2, -0.15) is 0 Å². The number of carbonyl (C=O) groups excluding carboxylic acids is 2. The Hall–Kier alpha value is -1.92. The summed E-state index contributed by atoms with van der Waals surface area (Å²) in [7, 11) is 1.63. The number of hydrogen-bond acceptors (Lipinski definition) is 4. The molecule has 144 valence electrons. The third-order valence-corrected chi connectivity index (χ3v) is 4.76. The predicted octanol–water partition coefficient (Wildman–Crippen LogP) is 1.10. The number of nitrogens with one attached hydrogen (secondary N) is 1. The second-order valence-corrected chi connectivity index (χ2v) is 7.03. The zero-order valence-corrected chi connectivity index (χ0v) is 16.3. The maximum absolute atomic E-state index is 12.6. The number of aryl methyl sites for hydroxylation is 1. The summed E-state index contributed by atoms with van der Waals surface area (Å²) in [5, 5.41) is 2.63. The minimum Gasteiger partial charge on any atom is -0.358 e. The van der Waals surface area contributed by atoms with Gasteiger partial charge in [-0.15, -0.1) is 0 Å². The van der Waals surface area contributed by atoms with Gasteiger partial charge in [0.25, 0.3) is 0 Å². The smallest absolute Gasteiger partial charge is 0.236 e. The molecule has 0 aliphatic carbocycles. The number of rotatable bonds is 8. The van der Waals surface area contributed by atoms with Gasteiger partial charge in [-0.25, -0.2) is 0 Å². The van der Waals surface area contributed by atoms with Crippen LogP contribution in [0, 0.1) is 6.92 Å². The van der Waals surface area contributed by atoms with E-state index >= 15 is 0 Å². The van der Waals surface area contributed by atoms with Gasteiger partial charge in [0.05, 0.1) is 13.1 Å². The van der Waals surface area contributed by atoms with Crippen LogP contribution in [0.4, 0.5) is 0 Å². The molecule has 26 heavy (non-hydrogen) atoms. The summed E-state index contributed by atoms with van der Waals surface area (Å²) >= 11 is 0. The molecule has 1 saturated heterocycles. The van der Waals surface area contributed by atoms with Gasteiger partial charge >= 0.3 is 0 Å². The van der Waals surface area contributed by atoms with Crippen LogP contribution < -0.4 is 5.32 Å². The van der Waals surface area contributed by atoms with Gasteiger partial charge in [0.15, 0.2) is 0 Å². The van der Waals surface area contributed by atoms with Crippen LogP contribution >= 0.6 is 0 Å². The van der Waals surface area contributed by atoms with Crippen LogP contribution in [0.2, 0.25) is 0 Å². The maximum Gasteiger partial charge on any atom is 0.236 e. The van der Waals surface area contributed by atoms with E-state index in [0.29, 0.717) is 6.54 Å². The molecule has 0 radical (unpaired) electrons. The van der Waals surface area contributed by atoms with Crippen LogP contribution in [0.25, 0.3) is 0 Å². The zero-order chi connectivity index (χ0) is 18.9. The van der Waals surface area contributed by atoms with Crippen LogP contribution in [-0.2, 0) is 16.1 Å². The first-order valence-electron chi connectivity index (χ1n) is 9.50. The molecular formula is C20H32N4O2. The van der Waals surface area contributed by atoms with Gasteiger partial charge in [-0.05, 0) is 25.5 Å². The third kappa shape index (κ3) is 6.42. The fourth-order valence-corrected chi connectivity index (χ4v) is 3.33. The summed E-state index contributed by atoms with van der Waals surface area (Å²) in [6, 6.07) is 8.59. The van der Waals surface area contributed by atoms with Gasteiger partial charge < -0.3 is 10.2 Å². The Balaban J connectivity index is 1.80. The first-order chi connectivity index (χ1) is 12.5. The van der Waals surface area contributed by atoms with E-state index in [1.54, 1.807) is 7.05 Å². The Kier molecular flexibility index (Phi) is 8.06. The third-order valence-electron chi connectivity index (χ3n) is 4.76. The van der Waals surface area contributed by atoms with Crippen LogP contribution in [0.3, 0.4) is 0 Å². The molecular weight excluding hydrogens is 328 g/mol. The molecule has 0 atom stereocenters. The van der Waals surface area contributed by atoms with Crippen LogP contribution in [0.5, 0.6) is 0 Å². The quantitative estimate of drug-likeness (QED) is 0.754. The molecule has 2 amide bonds. The molecule has 6 heteroatoms. The average molecular weight is 361 g/mol. The second-order valence-electron chi connectivity index (χ2n) is 7.03. The first kappa shape index (κ1) is 20.4. The van der Waals surface area contributed by atoms with E-state index in [2.05, 4.69) is 48.3 Å². The Bertz CT molecular complexity index is 597. The first-order valence-corrected chi connectivity index (χ1v) is 9.50. The van der Waals surface area contributed by atoms with E-state index in [9.17, 15) is 9.59 Å². The van der Waals surface area contributed by atoms with Crippen molar-refractivity contribution in [1.82, 2.24) is 20.0 Å². The Morgan fingerprint density at radius 3 is 2.50 bits per heavy atom. The van der Waals surface area contributed by atoms with Crippen molar-refractivity contribution in [3.63, 3.8) is 0 Å². The normalized spacial score (nSPS) is 15.3. The van der Waals surface area contributed by atoms with E-state index in [1.807, 2.05) is 9.80 Å². The number of piperazine rings is 1. The van der Waals surface area contributed by atoms with Gasteiger partial charge in [0.1, 0.15) is 0 Å². The molecule has 0 bridgehead atoms. The lowest BCUT2D eigenvalue weighted by Crippen LogP contribution is -2.51. The summed E-state index contributed by atoms with van der Waals surface area (Å²) in [6.07, 6.45) is 0.925. The highest BCUT2D eigenvalue weighted by atomic mass is 16.2. The molecule has 1 aliphatic heterocycles. The van der Waals surface area contributed by atoms with E-state index < -0.39 is 0 Å². The van der Waals surface area contributed by atoms with E-state index in [1.165, 1.54) is 11.1 Å². The lowest BCUT2D eigenvalue weighted by molar-refractivity contribution is -0.134. The van der Waals surface area contributed by atoms with Gasteiger partial charge in [-0.3, -0.25) is 19.4 Å². The summed E-state index contributed by atoms with van der Waals surface area (Å²) in [5.74, 6) is 0.0757. The summed E-state index contributed by atoms with van der Waals surface area (Å²) in [6.45, 7) is 9.75. The molecule has 1 aromatic rings. The van der Waals surface area contributed by atoms with E-state index in [0.717, 1.165) is 45.7 Å². The SMILES string of the molecule is CCCN(CC(=O)NC)CC(=O)N1CCN(Cc2cccc(C)c2)CC1. The molecule has 1 fully saturated rings. The largest absolute Gasteiger partial charge is 0.358 e. The fourth-order valence-electron chi connectivity index (χ4n) is 3.33. The molecule has 0 aromatic heterocycles. The number of nitrogens with zero attached hydrogens (tertiary/aromatic N) is 3. The highest BCUT2D eigenvalue weighted by Gasteiger charge is 2.23. The Morgan fingerprint density at radius 1 is 1.15 bits per heavy atom. The van der Waals surface area contributed by atoms with E-state index in [4.69, 9.17) is 0 Å². The van der Waals surface area contributed by atoms with Crippen molar-refractivity contribution >= 4 is 11.8 Å². The van der Waals surface area contributed by atoms with Crippen molar-refractivity contribution < 1.29 is 9.59 Å². The molecule has 2 rings (SSSR count). The number of carbonyl (C=O) groups is 2. The zero-order valence-electron chi connectivity index (χ0n) is 16.3. The molecule has 0 unspecified atom stereocenters. The molecule has 1 aromatic carbocycles.